The number of nitrogens with zero attached hydrogens (tertiary/aromatic N) is 2. The van der Waals surface area contributed by atoms with Crippen LogP contribution in [0.25, 0.3) is 11.5 Å². The molecule has 1 amide bonds. The van der Waals surface area contributed by atoms with Gasteiger partial charge in [-0.15, -0.1) is 10.2 Å². The summed E-state index contributed by atoms with van der Waals surface area (Å²) in [4.78, 5) is 12.3. The third kappa shape index (κ3) is 3.28. The largest absolute Gasteiger partial charge is 0.423 e. The summed E-state index contributed by atoms with van der Waals surface area (Å²) in [5.41, 5.74) is 7.40. The smallest absolute Gasteiger partial charge is 0.247 e. The molecule has 3 N–H and O–H groups in total. The van der Waals surface area contributed by atoms with Gasteiger partial charge in [-0.05, 0) is 43.9 Å². The summed E-state index contributed by atoms with van der Waals surface area (Å²) < 4.78 is 5.16. The van der Waals surface area contributed by atoms with E-state index < -0.39 is 0 Å². The number of carbonyl (C=O) groups is 1. The van der Waals surface area contributed by atoms with Crippen LogP contribution in [0.15, 0.2) is 35.1 Å². The van der Waals surface area contributed by atoms with E-state index in [1.807, 2.05) is 24.3 Å². The number of hydrogen-bond acceptors (Lipinski definition) is 5. The Morgan fingerprint density at radius 1 is 1.29 bits per heavy atom. The molecule has 6 nitrogen and oxygen atoms in total. The fourth-order valence-electron chi connectivity index (χ4n) is 2.65. The van der Waals surface area contributed by atoms with Gasteiger partial charge in [0.1, 0.15) is 0 Å². The monoisotopic (exact) mass is 286 g/mol. The summed E-state index contributed by atoms with van der Waals surface area (Å²) in [6.45, 7) is 0. The lowest BCUT2D eigenvalue weighted by Gasteiger charge is -2.25. The van der Waals surface area contributed by atoms with E-state index in [1.165, 1.54) is 6.39 Å². The van der Waals surface area contributed by atoms with Gasteiger partial charge in [0.25, 0.3) is 0 Å². The molecule has 1 aromatic carbocycles. The van der Waals surface area contributed by atoms with Crippen molar-refractivity contribution in [3.8, 4) is 11.5 Å². The van der Waals surface area contributed by atoms with Crippen LogP contribution >= 0.6 is 0 Å². The van der Waals surface area contributed by atoms with Gasteiger partial charge in [-0.1, -0.05) is 6.07 Å². The van der Waals surface area contributed by atoms with E-state index >= 15 is 0 Å². The van der Waals surface area contributed by atoms with Crippen molar-refractivity contribution in [2.24, 2.45) is 11.7 Å². The molecule has 6 heteroatoms. The van der Waals surface area contributed by atoms with E-state index in [4.69, 9.17) is 10.2 Å². The summed E-state index contributed by atoms with van der Waals surface area (Å²) in [5, 5.41) is 10.5. The molecular formula is C15H18N4O2. The molecule has 1 aromatic heterocycles. The second kappa shape index (κ2) is 6.05. The molecule has 1 heterocycles. The van der Waals surface area contributed by atoms with Crippen molar-refractivity contribution in [2.75, 3.05) is 5.32 Å². The molecule has 2 aromatic rings. The van der Waals surface area contributed by atoms with Gasteiger partial charge in [-0.2, -0.15) is 0 Å². The number of benzene rings is 1. The molecule has 3 rings (SSSR count). The summed E-state index contributed by atoms with van der Waals surface area (Å²) in [5.74, 6) is 0.552. The third-order valence-electron chi connectivity index (χ3n) is 3.88. The van der Waals surface area contributed by atoms with Crippen molar-refractivity contribution in [1.82, 2.24) is 10.2 Å². The summed E-state index contributed by atoms with van der Waals surface area (Å²) >= 11 is 0. The highest BCUT2D eigenvalue weighted by molar-refractivity contribution is 5.93. The molecule has 0 saturated heterocycles. The topological polar surface area (TPSA) is 94.0 Å². The second-order valence-electron chi connectivity index (χ2n) is 5.43. The van der Waals surface area contributed by atoms with E-state index in [0.29, 0.717) is 5.89 Å². The number of nitrogens with one attached hydrogen (secondary N) is 1. The van der Waals surface area contributed by atoms with Gasteiger partial charge in [0.15, 0.2) is 0 Å². The van der Waals surface area contributed by atoms with Crippen LogP contribution in [0.2, 0.25) is 0 Å². The predicted octanol–water partition coefficient (Wildman–Crippen LogP) is 2.19. The lowest BCUT2D eigenvalue weighted by molar-refractivity contribution is -0.120. The van der Waals surface area contributed by atoms with Crippen molar-refractivity contribution in [3.63, 3.8) is 0 Å². The van der Waals surface area contributed by atoms with E-state index in [2.05, 4.69) is 15.5 Å². The first-order chi connectivity index (χ1) is 10.2. The third-order valence-corrected chi connectivity index (χ3v) is 3.88. The molecule has 1 fully saturated rings. The van der Waals surface area contributed by atoms with Crippen LogP contribution in [-0.4, -0.2) is 22.1 Å². The summed E-state index contributed by atoms with van der Waals surface area (Å²) in [6.07, 6.45) is 4.83. The van der Waals surface area contributed by atoms with Crippen molar-refractivity contribution in [2.45, 2.75) is 31.7 Å². The van der Waals surface area contributed by atoms with Crippen LogP contribution in [0.3, 0.4) is 0 Å². The maximum Gasteiger partial charge on any atom is 0.247 e. The Morgan fingerprint density at radius 2 is 2.10 bits per heavy atom. The molecule has 0 radical (unpaired) electrons. The highest BCUT2D eigenvalue weighted by atomic mass is 16.4. The number of amides is 1. The van der Waals surface area contributed by atoms with Crippen LogP contribution in [0.5, 0.6) is 0 Å². The number of rotatable bonds is 3. The maximum atomic E-state index is 12.3. The van der Waals surface area contributed by atoms with Gasteiger partial charge < -0.3 is 15.5 Å². The van der Waals surface area contributed by atoms with Crippen LogP contribution in [0, 0.1) is 5.92 Å². The lowest BCUT2D eigenvalue weighted by atomic mass is 9.86. The van der Waals surface area contributed by atoms with E-state index in [1.54, 1.807) is 0 Å². The quantitative estimate of drug-likeness (QED) is 0.902. The van der Waals surface area contributed by atoms with Crippen molar-refractivity contribution >= 4 is 11.6 Å². The van der Waals surface area contributed by atoms with Gasteiger partial charge in [0.2, 0.25) is 18.2 Å². The first-order valence-electron chi connectivity index (χ1n) is 7.15. The van der Waals surface area contributed by atoms with Gasteiger partial charge in [-0.25, -0.2) is 0 Å². The number of aromatic nitrogens is 2. The minimum Gasteiger partial charge on any atom is -0.423 e. The Hall–Kier alpha value is -2.21. The molecule has 0 atom stereocenters. The Labute approximate surface area is 122 Å². The molecule has 0 bridgehead atoms. The van der Waals surface area contributed by atoms with Gasteiger partial charge in [0.05, 0.1) is 0 Å². The van der Waals surface area contributed by atoms with Crippen molar-refractivity contribution in [3.05, 3.63) is 30.7 Å². The second-order valence-corrected chi connectivity index (χ2v) is 5.43. The normalized spacial score (nSPS) is 22.0. The van der Waals surface area contributed by atoms with Crippen molar-refractivity contribution in [1.29, 1.82) is 0 Å². The molecule has 0 unspecified atom stereocenters. The number of hydrogen-bond donors (Lipinski definition) is 2. The zero-order chi connectivity index (χ0) is 14.7. The molecule has 21 heavy (non-hydrogen) atoms. The Kier molecular flexibility index (Phi) is 3.96. The average Bonchev–Trinajstić information content (AvgIpc) is 3.02. The fraction of sp³-hybridized carbons (Fsp3) is 0.400. The molecular weight excluding hydrogens is 268 g/mol. The van der Waals surface area contributed by atoms with Crippen LogP contribution in [-0.2, 0) is 4.79 Å². The molecule has 1 aliphatic carbocycles. The van der Waals surface area contributed by atoms with E-state index in [-0.39, 0.29) is 17.9 Å². The molecule has 110 valence electrons. The van der Waals surface area contributed by atoms with E-state index in [9.17, 15) is 4.79 Å². The zero-order valence-corrected chi connectivity index (χ0v) is 11.7. The highest BCUT2D eigenvalue weighted by Gasteiger charge is 2.24. The SMILES string of the molecule is NC1CCC(C(=O)Nc2cccc(-c3nnco3)c2)CC1. The van der Waals surface area contributed by atoms with Crippen LogP contribution < -0.4 is 11.1 Å². The number of nitrogens with two attached hydrogens (primary N) is 1. The number of anilines is 1. The van der Waals surface area contributed by atoms with Crippen LogP contribution in [0.1, 0.15) is 25.7 Å². The summed E-state index contributed by atoms with van der Waals surface area (Å²) in [6, 6.07) is 7.65. The highest BCUT2D eigenvalue weighted by Crippen LogP contribution is 2.25. The average molecular weight is 286 g/mol. The zero-order valence-electron chi connectivity index (χ0n) is 11.7. The first-order valence-corrected chi connectivity index (χ1v) is 7.15. The molecule has 0 aliphatic heterocycles. The number of carbonyl (C=O) groups excluding carboxylic acids is 1. The predicted molar refractivity (Wildman–Crippen MR) is 78.3 cm³/mol. The van der Waals surface area contributed by atoms with Crippen molar-refractivity contribution < 1.29 is 9.21 Å². The van der Waals surface area contributed by atoms with Gasteiger partial charge >= 0.3 is 0 Å². The van der Waals surface area contributed by atoms with Gasteiger partial charge in [0, 0.05) is 23.2 Å². The molecule has 1 saturated carbocycles. The minimum absolute atomic E-state index is 0.0526. The van der Waals surface area contributed by atoms with E-state index in [0.717, 1.165) is 36.9 Å². The Morgan fingerprint density at radius 3 is 2.81 bits per heavy atom. The lowest BCUT2D eigenvalue weighted by Crippen LogP contribution is -2.32. The Balaban J connectivity index is 1.67. The molecule has 0 spiro atoms. The fourth-order valence-corrected chi connectivity index (χ4v) is 2.65. The van der Waals surface area contributed by atoms with Crippen LogP contribution in [0.4, 0.5) is 5.69 Å². The first kappa shape index (κ1) is 13.8. The Bertz CT molecular complexity index is 604. The van der Waals surface area contributed by atoms with Gasteiger partial charge in [-0.3, -0.25) is 4.79 Å². The maximum absolute atomic E-state index is 12.3. The minimum atomic E-state index is 0.0526. The standard InChI is InChI=1S/C15H18N4O2/c16-12-6-4-10(5-7-12)14(20)18-13-3-1-2-11(8-13)15-19-17-9-21-15/h1-3,8-10,12H,4-7,16H2,(H,18,20). The molecule has 1 aliphatic rings. The summed E-state index contributed by atoms with van der Waals surface area (Å²) in [7, 11) is 0.